The molecule has 2 rings (SSSR count). The molecule has 0 saturated heterocycles. The predicted octanol–water partition coefficient (Wildman–Crippen LogP) is 3.17. The van der Waals surface area contributed by atoms with Crippen molar-refractivity contribution in [3.63, 3.8) is 0 Å². The highest BCUT2D eigenvalue weighted by Crippen LogP contribution is 2.35. The summed E-state index contributed by atoms with van der Waals surface area (Å²) in [5.74, 6) is 0.304. The molecule has 1 N–H and O–H groups in total. The molecule has 0 aliphatic heterocycles. The number of amides is 1. The Bertz CT molecular complexity index is 870. The van der Waals surface area contributed by atoms with Crippen molar-refractivity contribution in [2.24, 2.45) is 0 Å². The smallest absolute Gasteiger partial charge is 0.338 e. The number of esters is 1. The molecule has 0 aliphatic rings. The van der Waals surface area contributed by atoms with E-state index >= 15 is 0 Å². The number of hydrogen-bond acceptors (Lipinski definition) is 7. The second-order valence-corrected chi connectivity index (χ2v) is 5.79. The largest absolute Gasteiger partial charge is 0.495 e. The highest BCUT2D eigenvalue weighted by molar-refractivity contribution is 6.32. The van der Waals surface area contributed by atoms with E-state index in [9.17, 15) is 9.59 Å². The van der Waals surface area contributed by atoms with E-state index in [-0.39, 0.29) is 5.56 Å². The van der Waals surface area contributed by atoms with E-state index in [0.717, 1.165) is 0 Å². The first-order valence-corrected chi connectivity index (χ1v) is 8.41. The first-order chi connectivity index (χ1) is 13.4. The second kappa shape index (κ2) is 9.70. The maximum absolute atomic E-state index is 12.2. The molecule has 0 radical (unpaired) electrons. The molecule has 0 bridgehead atoms. The molecule has 28 heavy (non-hydrogen) atoms. The number of ether oxygens (including phenoxy) is 5. The molecule has 0 heterocycles. The first-order valence-electron chi connectivity index (χ1n) is 8.04. The summed E-state index contributed by atoms with van der Waals surface area (Å²) in [7, 11) is 5.82. The molecule has 0 aromatic heterocycles. The maximum Gasteiger partial charge on any atom is 0.338 e. The number of hydrogen-bond donors (Lipinski definition) is 1. The summed E-state index contributed by atoms with van der Waals surface area (Å²) < 4.78 is 25.6. The Morgan fingerprint density at radius 3 is 2.11 bits per heavy atom. The third-order valence-electron chi connectivity index (χ3n) is 3.70. The minimum absolute atomic E-state index is 0.219. The van der Waals surface area contributed by atoms with E-state index in [1.807, 2.05) is 0 Å². The Morgan fingerprint density at radius 2 is 1.50 bits per heavy atom. The third-order valence-corrected chi connectivity index (χ3v) is 4.00. The number of carbonyl (C=O) groups is 2. The van der Waals surface area contributed by atoms with Crippen LogP contribution in [0.3, 0.4) is 0 Å². The van der Waals surface area contributed by atoms with Crippen LogP contribution in [0.15, 0.2) is 30.3 Å². The zero-order chi connectivity index (χ0) is 20.7. The van der Waals surface area contributed by atoms with Crippen LogP contribution in [0, 0.1) is 0 Å². The Kier molecular flexibility index (Phi) is 7.34. The van der Waals surface area contributed by atoms with Crippen molar-refractivity contribution in [3.8, 4) is 23.0 Å². The summed E-state index contributed by atoms with van der Waals surface area (Å²) in [6.45, 7) is -0.499. The number of halogens is 1. The van der Waals surface area contributed by atoms with Crippen LogP contribution in [0.25, 0.3) is 0 Å². The lowest BCUT2D eigenvalue weighted by molar-refractivity contribution is -0.119. The van der Waals surface area contributed by atoms with E-state index in [4.69, 9.17) is 35.3 Å². The lowest BCUT2D eigenvalue weighted by Crippen LogP contribution is -2.21. The van der Waals surface area contributed by atoms with Gasteiger partial charge in [0.25, 0.3) is 5.91 Å². The van der Waals surface area contributed by atoms with Gasteiger partial charge in [-0.15, -0.1) is 0 Å². The number of anilines is 1. The number of carbonyl (C=O) groups excluding carboxylic acids is 2. The zero-order valence-electron chi connectivity index (χ0n) is 15.8. The summed E-state index contributed by atoms with van der Waals surface area (Å²) in [5.41, 5.74) is 0.548. The van der Waals surface area contributed by atoms with E-state index < -0.39 is 18.5 Å². The van der Waals surface area contributed by atoms with Gasteiger partial charge in [-0.25, -0.2) is 4.79 Å². The standard InChI is InChI=1S/C19H20ClNO7/c1-24-14-6-5-11(7-17(14)27-4)19(23)28-10-18(22)21-13-9-15(25-2)12(20)8-16(13)26-3/h5-9H,10H2,1-4H3,(H,21,22). The van der Waals surface area contributed by atoms with E-state index in [1.54, 1.807) is 6.07 Å². The van der Waals surface area contributed by atoms with Crippen molar-refractivity contribution < 1.29 is 33.3 Å². The molecule has 2 aromatic rings. The van der Waals surface area contributed by atoms with Crippen molar-refractivity contribution in [1.29, 1.82) is 0 Å². The van der Waals surface area contributed by atoms with Gasteiger partial charge in [-0.3, -0.25) is 4.79 Å². The van der Waals surface area contributed by atoms with Crippen LogP contribution in [-0.4, -0.2) is 46.9 Å². The summed E-state index contributed by atoms with van der Waals surface area (Å²) in [5, 5.41) is 2.92. The molecular formula is C19H20ClNO7. The summed E-state index contributed by atoms with van der Waals surface area (Å²) in [4.78, 5) is 24.3. The van der Waals surface area contributed by atoms with Gasteiger partial charge in [0.15, 0.2) is 18.1 Å². The summed E-state index contributed by atoms with van der Waals surface area (Å²) >= 11 is 6.03. The normalized spacial score (nSPS) is 10.0. The molecule has 8 nitrogen and oxygen atoms in total. The van der Waals surface area contributed by atoms with Crippen molar-refractivity contribution in [2.75, 3.05) is 40.4 Å². The molecular weight excluding hydrogens is 390 g/mol. The van der Waals surface area contributed by atoms with Crippen LogP contribution >= 0.6 is 11.6 Å². The quantitative estimate of drug-likeness (QED) is 0.669. The lowest BCUT2D eigenvalue weighted by Gasteiger charge is -2.13. The Balaban J connectivity index is 2.04. The number of nitrogens with one attached hydrogen (secondary N) is 1. The van der Waals surface area contributed by atoms with Gasteiger partial charge in [-0.05, 0) is 18.2 Å². The highest BCUT2D eigenvalue weighted by Gasteiger charge is 2.16. The number of rotatable bonds is 8. The van der Waals surface area contributed by atoms with Gasteiger partial charge in [-0.2, -0.15) is 0 Å². The number of benzene rings is 2. The SMILES string of the molecule is COc1cc(NC(=O)COC(=O)c2ccc(OC)c(OC)c2)c(OC)cc1Cl. The molecule has 2 aromatic carbocycles. The third kappa shape index (κ3) is 4.98. The van der Waals surface area contributed by atoms with E-state index in [1.165, 1.54) is 52.7 Å². The van der Waals surface area contributed by atoms with Crippen LogP contribution in [0.2, 0.25) is 5.02 Å². The fourth-order valence-corrected chi connectivity index (χ4v) is 2.55. The van der Waals surface area contributed by atoms with Gasteiger partial charge in [0.1, 0.15) is 11.5 Å². The Morgan fingerprint density at radius 1 is 0.857 bits per heavy atom. The molecule has 9 heteroatoms. The minimum Gasteiger partial charge on any atom is -0.495 e. The summed E-state index contributed by atoms with van der Waals surface area (Å²) in [6, 6.07) is 7.56. The van der Waals surface area contributed by atoms with E-state index in [2.05, 4.69) is 5.32 Å². The maximum atomic E-state index is 12.2. The van der Waals surface area contributed by atoms with Crippen LogP contribution in [0.5, 0.6) is 23.0 Å². The lowest BCUT2D eigenvalue weighted by atomic mass is 10.2. The Hall–Kier alpha value is -3.13. The molecule has 1 amide bonds. The average Bonchev–Trinajstić information content (AvgIpc) is 2.72. The van der Waals surface area contributed by atoms with Crippen molar-refractivity contribution in [1.82, 2.24) is 0 Å². The number of methoxy groups -OCH3 is 4. The molecule has 0 fully saturated rings. The summed E-state index contributed by atoms with van der Waals surface area (Å²) in [6.07, 6.45) is 0. The fraction of sp³-hybridized carbons (Fsp3) is 0.263. The molecule has 0 spiro atoms. The molecule has 0 unspecified atom stereocenters. The van der Waals surface area contributed by atoms with Crippen LogP contribution in [-0.2, 0) is 9.53 Å². The monoisotopic (exact) mass is 409 g/mol. The predicted molar refractivity (Wildman–Crippen MR) is 103 cm³/mol. The molecule has 0 saturated carbocycles. The van der Waals surface area contributed by atoms with Gasteiger partial charge >= 0.3 is 5.97 Å². The van der Waals surface area contributed by atoms with Gasteiger partial charge in [0, 0.05) is 12.1 Å². The van der Waals surface area contributed by atoms with Gasteiger partial charge < -0.3 is 29.0 Å². The topological polar surface area (TPSA) is 92.3 Å². The van der Waals surface area contributed by atoms with Gasteiger partial charge in [0.2, 0.25) is 0 Å². The Labute approximate surface area is 167 Å². The minimum atomic E-state index is -0.684. The average molecular weight is 410 g/mol. The second-order valence-electron chi connectivity index (χ2n) is 5.38. The van der Waals surface area contributed by atoms with Gasteiger partial charge in [0.05, 0.1) is 44.7 Å². The van der Waals surface area contributed by atoms with Crippen molar-refractivity contribution in [2.45, 2.75) is 0 Å². The van der Waals surface area contributed by atoms with Crippen molar-refractivity contribution >= 4 is 29.2 Å². The van der Waals surface area contributed by atoms with Crippen LogP contribution in [0.1, 0.15) is 10.4 Å². The molecule has 150 valence electrons. The molecule has 0 aliphatic carbocycles. The van der Waals surface area contributed by atoms with Crippen molar-refractivity contribution in [3.05, 3.63) is 40.9 Å². The zero-order valence-corrected chi connectivity index (χ0v) is 16.6. The van der Waals surface area contributed by atoms with Crippen LogP contribution < -0.4 is 24.3 Å². The first kappa shape index (κ1) is 21.2. The van der Waals surface area contributed by atoms with E-state index in [0.29, 0.717) is 33.7 Å². The molecule has 0 atom stereocenters. The van der Waals surface area contributed by atoms with Crippen LogP contribution in [0.4, 0.5) is 5.69 Å². The van der Waals surface area contributed by atoms with Gasteiger partial charge in [-0.1, -0.05) is 11.6 Å². The fourth-order valence-electron chi connectivity index (χ4n) is 2.32. The highest BCUT2D eigenvalue weighted by atomic mass is 35.5.